The highest BCUT2D eigenvalue weighted by Gasteiger charge is 2.11. The number of hydrogen-bond donors (Lipinski definition) is 1. The number of hydrogen-bond acceptors (Lipinski definition) is 2. The van der Waals surface area contributed by atoms with Crippen molar-refractivity contribution >= 4 is 17.3 Å². The number of nitrogens with zero attached hydrogens (tertiary/aromatic N) is 1. The van der Waals surface area contributed by atoms with Crippen molar-refractivity contribution in [1.82, 2.24) is 0 Å². The minimum Gasteiger partial charge on any atom is -0.376 e. The zero-order valence-electron chi connectivity index (χ0n) is 10.1. The summed E-state index contributed by atoms with van der Waals surface area (Å²) in [5, 5.41) is 11.1. The van der Waals surface area contributed by atoms with Gasteiger partial charge in [0.1, 0.15) is 11.5 Å². The molecule has 0 saturated heterocycles. The van der Waals surface area contributed by atoms with Gasteiger partial charge in [-0.25, -0.2) is 13.2 Å². The Hall–Kier alpha value is -2.19. The van der Waals surface area contributed by atoms with Gasteiger partial charge in [0, 0.05) is 6.54 Å². The summed E-state index contributed by atoms with van der Waals surface area (Å²) in [6.07, 6.45) is 0. The van der Waals surface area contributed by atoms with Crippen LogP contribution in [0.25, 0.3) is 0 Å². The van der Waals surface area contributed by atoms with Crippen molar-refractivity contribution in [1.29, 1.82) is 5.26 Å². The van der Waals surface area contributed by atoms with Gasteiger partial charge in [-0.1, -0.05) is 17.7 Å². The zero-order chi connectivity index (χ0) is 14.7. The van der Waals surface area contributed by atoms with E-state index in [4.69, 9.17) is 16.9 Å². The van der Waals surface area contributed by atoms with Gasteiger partial charge in [0.05, 0.1) is 16.7 Å². The van der Waals surface area contributed by atoms with Crippen LogP contribution >= 0.6 is 11.6 Å². The Morgan fingerprint density at radius 3 is 2.25 bits per heavy atom. The lowest BCUT2D eigenvalue weighted by Gasteiger charge is -2.09. The average Bonchev–Trinajstić information content (AvgIpc) is 2.41. The van der Waals surface area contributed by atoms with Gasteiger partial charge in [-0.05, 0) is 29.8 Å². The molecule has 0 bridgehead atoms. The molecule has 2 aromatic rings. The van der Waals surface area contributed by atoms with E-state index < -0.39 is 17.5 Å². The van der Waals surface area contributed by atoms with Crippen LogP contribution in [0.2, 0.25) is 5.02 Å². The van der Waals surface area contributed by atoms with E-state index in [1.807, 2.05) is 0 Å². The van der Waals surface area contributed by atoms with E-state index in [1.165, 1.54) is 18.2 Å². The lowest BCUT2D eigenvalue weighted by Crippen LogP contribution is -2.04. The number of benzene rings is 2. The Morgan fingerprint density at radius 1 is 1.05 bits per heavy atom. The van der Waals surface area contributed by atoms with Crippen LogP contribution in [0.15, 0.2) is 30.3 Å². The lowest BCUT2D eigenvalue weighted by atomic mass is 10.2. The zero-order valence-corrected chi connectivity index (χ0v) is 10.8. The number of nitriles is 1. The predicted octanol–water partition coefficient (Wildman–Crippen LogP) is 4.24. The second-order valence-corrected chi connectivity index (χ2v) is 4.44. The summed E-state index contributed by atoms with van der Waals surface area (Å²) >= 11 is 5.61. The quantitative estimate of drug-likeness (QED) is 0.919. The first-order valence-corrected chi connectivity index (χ1v) is 5.96. The Kier molecular flexibility index (Phi) is 4.16. The second-order valence-electron chi connectivity index (χ2n) is 4.03. The fraction of sp³-hybridized carbons (Fsp3) is 0.0714. The van der Waals surface area contributed by atoms with E-state index in [0.717, 1.165) is 12.1 Å². The Bertz CT molecular complexity index is 672. The molecule has 0 heterocycles. The summed E-state index contributed by atoms with van der Waals surface area (Å²) in [6, 6.07) is 7.51. The van der Waals surface area contributed by atoms with Gasteiger partial charge in [0.25, 0.3) is 0 Å². The van der Waals surface area contributed by atoms with Crippen LogP contribution in [0.5, 0.6) is 0 Å². The smallest absolute Gasteiger partial charge is 0.150 e. The summed E-state index contributed by atoms with van der Waals surface area (Å²) in [5.74, 6) is -2.30. The molecule has 0 unspecified atom stereocenters. The van der Waals surface area contributed by atoms with Crippen molar-refractivity contribution in [2.24, 2.45) is 0 Å². The van der Waals surface area contributed by atoms with E-state index in [2.05, 4.69) is 5.32 Å². The van der Waals surface area contributed by atoms with Crippen molar-refractivity contribution in [3.8, 4) is 6.07 Å². The maximum absolute atomic E-state index is 13.6. The third kappa shape index (κ3) is 3.03. The van der Waals surface area contributed by atoms with Gasteiger partial charge in [-0.15, -0.1) is 0 Å². The maximum Gasteiger partial charge on any atom is 0.150 e. The van der Waals surface area contributed by atoms with Crippen LogP contribution in [0.4, 0.5) is 18.9 Å². The van der Waals surface area contributed by atoms with E-state index >= 15 is 0 Å². The van der Waals surface area contributed by atoms with Crippen LogP contribution in [0.1, 0.15) is 11.1 Å². The molecule has 1 N–H and O–H groups in total. The number of nitrogens with one attached hydrogen (secondary N) is 1. The van der Waals surface area contributed by atoms with Crippen LogP contribution in [0.3, 0.4) is 0 Å². The summed E-state index contributed by atoms with van der Waals surface area (Å²) < 4.78 is 40.2. The van der Waals surface area contributed by atoms with E-state index in [0.29, 0.717) is 5.56 Å². The Morgan fingerprint density at radius 2 is 1.70 bits per heavy atom. The van der Waals surface area contributed by atoms with Crippen molar-refractivity contribution in [3.63, 3.8) is 0 Å². The van der Waals surface area contributed by atoms with Crippen LogP contribution in [-0.2, 0) is 6.54 Å². The van der Waals surface area contributed by atoms with Crippen molar-refractivity contribution in [3.05, 3.63) is 63.9 Å². The topological polar surface area (TPSA) is 35.8 Å². The number of halogens is 4. The van der Waals surface area contributed by atoms with Gasteiger partial charge in [-0.3, -0.25) is 0 Å². The molecule has 0 fully saturated rings. The molecule has 2 aromatic carbocycles. The molecule has 0 aliphatic heterocycles. The summed E-state index contributed by atoms with van der Waals surface area (Å²) in [4.78, 5) is 0. The third-order valence-electron chi connectivity index (χ3n) is 2.62. The standard InChI is InChI=1S/C14H8ClF3N2/c15-10-3-8(1-2-11(10)16)7-20-14-12(17)4-9(6-19)5-13(14)18/h1-5,20H,7H2. The van der Waals surface area contributed by atoms with Crippen LogP contribution in [-0.4, -0.2) is 0 Å². The first kappa shape index (κ1) is 14.2. The second kappa shape index (κ2) is 5.85. The van der Waals surface area contributed by atoms with Crippen molar-refractivity contribution in [2.45, 2.75) is 6.54 Å². The molecule has 6 heteroatoms. The molecule has 2 rings (SSSR count). The third-order valence-corrected chi connectivity index (χ3v) is 2.91. The highest BCUT2D eigenvalue weighted by molar-refractivity contribution is 6.30. The number of rotatable bonds is 3. The lowest BCUT2D eigenvalue weighted by molar-refractivity contribution is 0.587. The first-order valence-electron chi connectivity index (χ1n) is 5.58. The highest BCUT2D eigenvalue weighted by atomic mass is 35.5. The minimum atomic E-state index is -0.866. The Labute approximate surface area is 118 Å². The fourth-order valence-electron chi connectivity index (χ4n) is 1.65. The summed E-state index contributed by atoms with van der Waals surface area (Å²) in [6.45, 7) is 0.0692. The molecule has 0 aliphatic rings. The SMILES string of the molecule is N#Cc1cc(F)c(NCc2ccc(F)c(Cl)c2)c(F)c1. The minimum absolute atomic E-state index is 0.0647. The van der Waals surface area contributed by atoms with Gasteiger partial charge in [0.2, 0.25) is 0 Å². The predicted molar refractivity (Wildman–Crippen MR) is 69.8 cm³/mol. The van der Waals surface area contributed by atoms with Crippen molar-refractivity contribution in [2.75, 3.05) is 5.32 Å². The summed E-state index contributed by atoms with van der Waals surface area (Å²) in [5.41, 5.74) is 0.124. The molecule has 0 saturated carbocycles. The maximum atomic E-state index is 13.6. The molecule has 2 nitrogen and oxygen atoms in total. The van der Waals surface area contributed by atoms with E-state index in [9.17, 15) is 13.2 Å². The fourth-order valence-corrected chi connectivity index (χ4v) is 1.85. The van der Waals surface area contributed by atoms with E-state index in [-0.39, 0.29) is 22.8 Å². The molecule has 0 radical (unpaired) electrons. The molecule has 0 spiro atoms. The molecule has 0 aromatic heterocycles. The van der Waals surface area contributed by atoms with E-state index in [1.54, 1.807) is 6.07 Å². The molecule has 0 amide bonds. The normalized spacial score (nSPS) is 10.2. The summed E-state index contributed by atoms with van der Waals surface area (Å²) in [7, 11) is 0. The Balaban J connectivity index is 2.19. The van der Waals surface area contributed by atoms with Gasteiger partial charge < -0.3 is 5.32 Å². The van der Waals surface area contributed by atoms with Gasteiger partial charge >= 0.3 is 0 Å². The van der Waals surface area contributed by atoms with Crippen LogP contribution in [0, 0.1) is 28.8 Å². The molecule has 20 heavy (non-hydrogen) atoms. The molecule has 0 aliphatic carbocycles. The monoisotopic (exact) mass is 296 g/mol. The number of anilines is 1. The molecular weight excluding hydrogens is 289 g/mol. The van der Waals surface area contributed by atoms with Gasteiger partial charge in [-0.2, -0.15) is 5.26 Å². The van der Waals surface area contributed by atoms with Crippen LogP contribution < -0.4 is 5.32 Å². The largest absolute Gasteiger partial charge is 0.376 e. The average molecular weight is 297 g/mol. The van der Waals surface area contributed by atoms with Gasteiger partial charge in [0.15, 0.2) is 11.6 Å². The molecular formula is C14H8ClF3N2. The first-order chi connectivity index (χ1) is 9.51. The molecule has 0 atom stereocenters. The highest BCUT2D eigenvalue weighted by Crippen LogP contribution is 2.22. The van der Waals surface area contributed by atoms with Crippen molar-refractivity contribution < 1.29 is 13.2 Å². The molecule has 102 valence electrons.